The number of aryl methyl sites for hydroxylation is 1. The van der Waals surface area contributed by atoms with Crippen molar-refractivity contribution < 1.29 is 4.79 Å². The van der Waals surface area contributed by atoms with Crippen LogP contribution < -0.4 is 16.4 Å². The molecule has 0 aromatic carbocycles. The summed E-state index contributed by atoms with van der Waals surface area (Å²) in [5.74, 6) is 1.59. The third-order valence-electron chi connectivity index (χ3n) is 2.27. The zero-order chi connectivity index (χ0) is 12.3. The van der Waals surface area contributed by atoms with Gasteiger partial charge in [0.1, 0.15) is 23.5 Å². The molecule has 0 fully saturated rings. The highest BCUT2D eigenvalue weighted by molar-refractivity contribution is 5.82. The van der Waals surface area contributed by atoms with Gasteiger partial charge >= 0.3 is 0 Å². The van der Waals surface area contributed by atoms with Crippen molar-refractivity contribution in [2.45, 2.75) is 26.8 Å². The lowest BCUT2D eigenvalue weighted by Crippen LogP contribution is -2.33. The van der Waals surface area contributed by atoms with Crippen LogP contribution in [-0.2, 0) is 4.79 Å². The number of rotatable bonds is 4. The number of hydrogen-bond acceptors (Lipinski definition) is 5. The van der Waals surface area contributed by atoms with Gasteiger partial charge in [-0.05, 0) is 20.8 Å². The molecule has 88 valence electrons. The summed E-state index contributed by atoms with van der Waals surface area (Å²) in [5.41, 5.74) is 6.04. The molecule has 16 heavy (non-hydrogen) atoms. The molecule has 1 rings (SSSR count). The van der Waals surface area contributed by atoms with E-state index in [0.717, 1.165) is 11.4 Å². The largest absolute Gasteiger partial charge is 0.373 e. The molecule has 0 saturated heterocycles. The predicted octanol–water partition coefficient (Wildman–Crippen LogP) is 0.421. The molecular formula is C10H17N5O. The average Bonchev–Trinajstić information content (AvgIpc) is 2.22. The first kappa shape index (κ1) is 12.2. The molecule has 1 aromatic rings. The van der Waals surface area contributed by atoms with Crippen molar-refractivity contribution in [3.05, 3.63) is 11.4 Å². The van der Waals surface area contributed by atoms with Crippen LogP contribution in [0.2, 0.25) is 0 Å². The number of anilines is 2. The second kappa shape index (κ2) is 4.78. The standard InChI is InChI=1S/C10H17N5O/c1-5-9(12-4)14-7(3)15-10(5)13-6(2)8(11)16/h6H,1-4H3,(H2,11,16)(H2,12,13,14,15). The van der Waals surface area contributed by atoms with Crippen molar-refractivity contribution in [2.75, 3.05) is 17.7 Å². The second-order valence-electron chi connectivity index (χ2n) is 3.61. The van der Waals surface area contributed by atoms with E-state index in [4.69, 9.17) is 5.73 Å². The Morgan fingerprint density at radius 3 is 2.38 bits per heavy atom. The van der Waals surface area contributed by atoms with Gasteiger partial charge in [-0.2, -0.15) is 0 Å². The molecule has 1 amide bonds. The van der Waals surface area contributed by atoms with Crippen LogP contribution in [0.25, 0.3) is 0 Å². The van der Waals surface area contributed by atoms with E-state index in [2.05, 4.69) is 20.6 Å². The van der Waals surface area contributed by atoms with E-state index in [1.807, 2.05) is 6.92 Å². The van der Waals surface area contributed by atoms with Crippen LogP contribution in [-0.4, -0.2) is 29.0 Å². The van der Waals surface area contributed by atoms with E-state index in [9.17, 15) is 4.79 Å². The van der Waals surface area contributed by atoms with Crippen LogP contribution in [0.5, 0.6) is 0 Å². The van der Waals surface area contributed by atoms with Gasteiger partial charge in [0.25, 0.3) is 0 Å². The van der Waals surface area contributed by atoms with Gasteiger partial charge in [-0.25, -0.2) is 9.97 Å². The number of primary amides is 1. The smallest absolute Gasteiger partial charge is 0.239 e. The Balaban J connectivity index is 3.04. The van der Waals surface area contributed by atoms with Gasteiger partial charge in [-0.15, -0.1) is 0 Å². The van der Waals surface area contributed by atoms with Crippen LogP contribution in [0.15, 0.2) is 0 Å². The van der Waals surface area contributed by atoms with Crippen LogP contribution in [0.1, 0.15) is 18.3 Å². The summed E-state index contributed by atoms with van der Waals surface area (Å²) in [6, 6.07) is -0.460. The minimum absolute atomic E-state index is 0.415. The molecule has 0 saturated carbocycles. The predicted molar refractivity (Wildman–Crippen MR) is 63.3 cm³/mol. The fraction of sp³-hybridized carbons (Fsp3) is 0.500. The number of carbonyl (C=O) groups excluding carboxylic acids is 1. The number of nitrogens with zero attached hydrogens (tertiary/aromatic N) is 2. The number of hydrogen-bond donors (Lipinski definition) is 3. The maximum atomic E-state index is 11.0. The normalized spacial score (nSPS) is 12.0. The first-order valence-corrected chi connectivity index (χ1v) is 5.04. The van der Waals surface area contributed by atoms with Crippen molar-refractivity contribution in [3.63, 3.8) is 0 Å². The molecule has 4 N–H and O–H groups in total. The van der Waals surface area contributed by atoms with Gasteiger partial charge in [-0.3, -0.25) is 4.79 Å². The van der Waals surface area contributed by atoms with Crippen molar-refractivity contribution >= 4 is 17.5 Å². The van der Waals surface area contributed by atoms with Gasteiger partial charge in [0.2, 0.25) is 5.91 Å². The summed E-state index contributed by atoms with van der Waals surface area (Å²) in [7, 11) is 1.79. The first-order chi connectivity index (χ1) is 7.45. The lowest BCUT2D eigenvalue weighted by Gasteiger charge is -2.15. The lowest BCUT2D eigenvalue weighted by molar-refractivity contribution is -0.118. The molecule has 0 spiro atoms. The van der Waals surface area contributed by atoms with Crippen LogP contribution >= 0.6 is 0 Å². The Morgan fingerprint density at radius 2 is 1.88 bits per heavy atom. The van der Waals surface area contributed by atoms with E-state index in [1.165, 1.54) is 0 Å². The van der Waals surface area contributed by atoms with E-state index in [-0.39, 0.29) is 0 Å². The lowest BCUT2D eigenvalue weighted by atomic mass is 10.2. The van der Waals surface area contributed by atoms with E-state index in [1.54, 1.807) is 20.9 Å². The third kappa shape index (κ3) is 2.59. The zero-order valence-corrected chi connectivity index (χ0v) is 9.96. The van der Waals surface area contributed by atoms with Crippen molar-refractivity contribution in [1.29, 1.82) is 0 Å². The summed E-state index contributed by atoms with van der Waals surface area (Å²) in [6.07, 6.45) is 0. The average molecular weight is 223 g/mol. The van der Waals surface area contributed by atoms with Crippen LogP contribution in [0.3, 0.4) is 0 Å². The molecule has 0 radical (unpaired) electrons. The molecule has 1 aromatic heterocycles. The summed E-state index contributed by atoms with van der Waals surface area (Å²) in [5, 5.41) is 5.93. The molecule has 0 aliphatic carbocycles. The molecule has 0 aliphatic heterocycles. The van der Waals surface area contributed by atoms with Crippen LogP contribution in [0, 0.1) is 13.8 Å². The Bertz CT molecular complexity index is 404. The van der Waals surface area contributed by atoms with Gasteiger partial charge in [-0.1, -0.05) is 0 Å². The number of nitrogens with two attached hydrogens (primary N) is 1. The number of nitrogens with one attached hydrogen (secondary N) is 2. The van der Waals surface area contributed by atoms with Crippen molar-refractivity contribution in [1.82, 2.24) is 9.97 Å². The number of carbonyl (C=O) groups is 1. The van der Waals surface area contributed by atoms with Crippen molar-refractivity contribution in [3.8, 4) is 0 Å². The monoisotopic (exact) mass is 223 g/mol. The molecule has 1 unspecified atom stereocenters. The van der Waals surface area contributed by atoms with Crippen LogP contribution in [0.4, 0.5) is 11.6 Å². The highest BCUT2D eigenvalue weighted by Gasteiger charge is 2.13. The van der Waals surface area contributed by atoms with Gasteiger partial charge in [0.15, 0.2) is 0 Å². The van der Waals surface area contributed by atoms with E-state index in [0.29, 0.717) is 11.6 Å². The highest BCUT2D eigenvalue weighted by Crippen LogP contribution is 2.19. The summed E-state index contributed by atoms with van der Waals surface area (Å²) < 4.78 is 0. The number of aromatic nitrogens is 2. The molecular weight excluding hydrogens is 206 g/mol. The number of amides is 1. The molecule has 0 bridgehead atoms. The third-order valence-corrected chi connectivity index (χ3v) is 2.27. The molecule has 0 aliphatic rings. The molecule has 1 heterocycles. The molecule has 1 atom stereocenters. The maximum Gasteiger partial charge on any atom is 0.239 e. The Labute approximate surface area is 94.7 Å². The Kier molecular flexibility index (Phi) is 3.65. The molecule has 6 heteroatoms. The Morgan fingerprint density at radius 1 is 1.31 bits per heavy atom. The van der Waals surface area contributed by atoms with Gasteiger partial charge in [0.05, 0.1) is 0 Å². The quantitative estimate of drug-likeness (QED) is 0.688. The fourth-order valence-corrected chi connectivity index (χ4v) is 1.29. The Hall–Kier alpha value is -1.85. The van der Waals surface area contributed by atoms with Gasteiger partial charge < -0.3 is 16.4 Å². The highest BCUT2D eigenvalue weighted by atomic mass is 16.1. The fourth-order valence-electron chi connectivity index (χ4n) is 1.29. The van der Waals surface area contributed by atoms with Crippen molar-refractivity contribution in [2.24, 2.45) is 5.73 Å². The van der Waals surface area contributed by atoms with E-state index < -0.39 is 11.9 Å². The van der Waals surface area contributed by atoms with E-state index >= 15 is 0 Å². The minimum Gasteiger partial charge on any atom is -0.373 e. The minimum atomic E-state index is -0.460. The molecule has 6 nitrogen and oxygen atoms in total. The SMILES string of the molecule is CNc1nc(C)nc(NC(C)C(N)=O)c1C. The summed E-state index contributed by atoms with van der Waals surface area (Å²) in [4.78, 5) is 19.4. The summed E-state index contributed by atoms with van der Waals surface area (Å²) >= 11 is 0. The second-order valence-corrected chi connectivity index (χ2v) is 3.61. The zero-order valence-electron chi connectivity index (χ0n) is 9.96. The maximum absolute atomic E-state index is 11.0. The first-order valence-electron chi connectivity index (χ1n) is 5.04. The topological polar surface area (TPSA) is 92.9 Å². The summed E-state index contributed by atoms with van der Waals surface area (Å²) in [6.45, 7) is 5.36. The van der Waals surface area contributed by atoms with Gasteiger partial charge in [0, 0.05) is 12.6 Å².